The molecule has 0 aliphatic heterocycles. The molecule has 0 unspecified atom stereocenters. The first-order valence-corrected chi connectivity index (χ1v) is 5.89. The van der Waals surface area contributed by atoms with Crippen molar-refractivity contribution in [3.8, 4) is 5.88 Å². The van der Waals surface area contributed by atoms with Gasteiger partial charge >= 0.3 is 0 Å². The third kappa shape index (κ3) is 2.86. The van der Waals surface area contributed by atoms with Gasteiger partial charge in [-0.3, -0.25) is 0 Å². The molecule has 0 aliphatic carbocycles. The van der Waals surface area contributed by atoms with Gasteiger partial charge in [0.15, 0.2) is 5.03 Å². The van der Waals surface area contributed by atoms with Crippen LogP contribution in [0.1, 0.15) is 6.92 Å². The topological polar surface area (TPSA) is 56.3 Å². The summed E-state index contributed by atoms with van der Waals surface area (Å²) in [5.74, 6) is 0.254. The molecule has 0 aromatic carbocycles. The molecule has 0 spiro atoms. The summed E-state index contributed by atoms with van der Waals surface area (Å²) in [7, 11) is 1.32. The fourth-order valence-electron chi connectivity index (χ4n) is 0.760. The van der Waals surface area contributed by atoms with Crippen LogP contribution in [0.2, 0.25) is 0 Å². The smallest absolute Gasteiger partial charge is 0.278 e. The van der Waals surface area contributed by atoms with Crippen LogP contribution in [0.4, 0.5) is 0 Å². The van der Waals surface area contributed by atoms with Crippen molar-refractivity contribution in [1.82, 2.24) is 4.98 Å². The summed E-state index contributed by atoms with van der Waals surface area (Å²) in [6.45, 7) is 2.21. The molecule has 0 aliphatic rings. The van der Waals surface area contributed by atoms with Gasteiger partial charge in [-0.15, -0.1) is 0 Å². The van der Waals surface area contributed by atoms with Gasteiger partial charge in [0, 0.05) is 16.7 Å². The number of rotatable bonds is 3. The van der Waals surface area contributed by atoms with Crippen LogP contribution >= 0.6 is 10.7 Å². The van der Waals surface area contributed by atoms with E-state index < -0.39 is 9.05 Å². The zero-order valence-corrected chi connectivity index (χ0v) is 8.47. The highest BCUT2D eigenvalue weighted by molar-refractivity contribution is 8.13. The molecule has 0 fully saturated rings. The number of aromatic nitrogens is 1. The van der Waals surface area contributed by atoms with Crippen molar-refractivity contribution in [2.24, 2.45) is 0 Å². The van der Waals surface area contributed by atoms with Gasteiger partial charge < -0.3 is 4.74 Å². The van der Waals surface area contributed by atoms with E-state index in [1.54, 1.807) is 13.0 Å². The van der Waals surface area contributed by atoms with Gasteiger partial charge in [-0.25, -0.2) is 13.4 Å². The minimum atomic E-state index is -3.76. The van der Waals surface area contributed by atoms with Crippen molar-refractivity contribution in [2.75, 3.05) is 6.61 Å². The second kappa shape index (κ2) is 3.93. The lowest BCUT2D eigenvalue weighted by Gasteiger charge is -2.01. The van der Waals surface area contributed by atoms with Crippen LogP contribution in [0.15, 0.2) is 23.2 Å². The zero-order valence-electron chi connectivity index (χ0n) is 6.90. The Bertz CT molecular complexity index is 390. The highest BCUT2D eigenvalue weighted by atomic mass is 35.7. The third-order valence-corrected chi connectivity index (χ3v) is 2.44. The second-order valence-corrected chi connectivity index (χ2v) is 4.70. The van der Waals surface area contributed by atoms with Crippen molar-refractivity contribution in [2.45, 2.75) is 11.9 Å². The first kappa shape index (κ1) is 10.3. The van der Waals surface area contributed by atoms with Crippen LogP contribution < -0.4 is 4.74 Å². The number of nitrogens with zero attached hydrogens (tertiary/aromatic N) is 1. The van der Waals surface area contributed by atoms with E-state index in [1.807, 2.05) is 0 Å². The van der Waals surface area contributed by atoms with E-state index in [9.17, 15) is 8.42 Å². The number of halogens is 1. The van der Waals surface area contributed by atoms with E-state index in [0.29, 0.717) is 6.61 Å². The van der Waals surface area contributed by atoms with Crippen LogP contribution in [0.5, 0.6) is 5.88 Å². The first-order chi connectivity index (χ1) is 6.04. The van der Waals surface area contributed by atoms with E-state index in [4.69, 9.17) is 15.4 Å². The molecule has 0 N–H and O–H groups in total. The Morgan fingerprint density at radius 3 is 2.77 bits per heavy atom. The Labute approximate surface area is 80.9 Å². The summed E-state index contributed by atoms with van der Waals surface area (Å²) in [4.78, 5) is 3.69. The van der Waals surface area contributed by atoms with Gasteiger partial charge in [0.25, 0.3) is 9.05 Å². The van der Waals surface area contributed by atoms with Crippen LogP contribution in [-0.4, -0.2) is 20.0 Å². The average molecular weight is 222 g/mol. The van der Waals surface area contributed by atoms with Gasteiger partial charge in [0.2, 0.25) is 5.88 Å². The van der Waals surface area contributed by atoms with Crippen LogP contribution in [0, 0.1) is 0 Å². The Kier molecular flexibility index (Phi) is 3.11. The fourth-order valence-corrected chi connectivity index (χ4v) is 1.46. The Morgan fingerprint density at radius 1 is 1.54 bits per heavy atom. The largest absolute Gasteiger partial charge is 0.478 e. The number of hydrogen-bond donors (Lipinski definition) is 0. The van der Waals surface area contributed by atoms with E-state index in [-0.39, 0.29) is 10.9 Å². The predicted octanol–water partition coefficient (Wildman–Crippen LogP) is 1.41. The Morgan fingerprint density at radius 2 is 2.23 bits per heavy atom. The second-order valence-electron chi connectivity index (χ2n) is 2.18. The summed E-state index contributed by atoms with van der Waals surface area (Å²) >= 11 is 0. The fraction of sp³-hybridized carbons (Fsp3) is 0.286. The zero-order chi connectivity index (χ0) is 9.90. The van der Waals surface area contributed by atoms with Gasteiger partial charge in [-0.2, -0.15) is 0 Å². The molecule has 1 aromatic heterocycles. The third-order valence-electron chi connectivity index (χ3n) is 1.24. The standard InChI is InChI=1S/C7H8ClNO3S/c1-2-12-6-4-3-5-7(9-6)13(8,10)11/h3-5H,2H2,1H3. The summed E-state index contributed by atoms with van der Waals surface area (Å²) in [6, 6.07) is 4.40. The molecular formula is C7H8ClNO3S. The summed E-state index contributed by atoms with van der Waals surface area (Å²) < 4.78 is 26.7. The number of hydrogen-bond acceptors (Lipinski definition) is 4. The predicted molar refractivity (Wildman–Crippen MR) is 48.4 cm³/mol. The maximum atomic E-state index is 10.8. The Balaban J connectivity index is 3.06. The van der Waals surface area contributed by atoms with Crippen molar-refractivity contribution < 1.29 is 13.2 Å². The molecule has 6 heteroatoms. The molecular weight excluding hydrogens is 214 g/mol. The van der Waals surface area contributed by atoms with E-state index in [2.05, 4.69) is 4.98 Å². The molecule has 0 atom stereocenters. The van der Waals surface area contributed by atoms with Gasteiger partial charge in [0.05, 0.1) is 6.61 Å². The maximum absolute atomic E-state index is 10.8. The monoisotopic (exact) mass is 221 g/mol. The highest BCUT2D eigenvalue weighted by Crippen LogP contribution is 2.15. The van der Waals surface area contributed by atoms with E-state index in [1.165, 1.54) is 12.1 Å². The molecule has 72 valence electrons. The molecule has 13 heavy (non-hydrogen) atoms. The lowest BCUT2D eigenvalue weighted by atomic mass is 10.5. The molecule has 1 aromatic rings. The lowest BCUT2D eigenvalue weighted by molar-refractivity contribution is 0.324. The molecule has 1 heterocycles. The first-order valence-electron chi connectivity index (χ1n) is 3.58. The normalized spacial score (nSPS) is 11.2. The minimum Gasteiger partial charge on any atom is -0.478 e. The summed E-state index contributed by atoms with van der Waals surface area (Å²) in [5.41, 5.74) is 0. The molecule has 0 radical (unpaired) electrons. The molecule has 1 rings (SSSR count). The quantitative estimate of drug-likeness (QED) is 0.725. The number of ether oxygens (including phenoxy) is 1. The SMILES string of the molecule is CCOc1cccc(S(=O)(=O)Cl)n1. The van der Waals surface area contributed by atoms with Crippen LogP contribution in [0.3, 0.4) is 0 Å². The average Bonchev–Trinajstić information content (AvgIpc) is 2.04. The van der Waals surface area contributed by atoms with Crippen LogP contribution in [-0.2, 0) is 9.05 Å². The van der Waals surface area contributed by atoms with Crippen LogP contribution in [0.25, 0.3) is 0 Å². The maximum Gasteiger partial charge on any atom is 0.278 e. The van der Waals surface area contributed by atoms with Gasteiger partial charge in [-0.05, 0) is 13.0 Å². The molecule has 4 nitrogen and oxygen atoms in total. The van der Waals surface area contributed by atoms with E-state index in [0.717, 1.165) is 0 Å². The molecule has 0 saturated heterocycles. The van der Waals surface area contributed by atoms with E-state index >= 15 is 0 Å². The van der Waals surface area contributed by atoms with Crippen molar-refractivity contribution in [3.05, 3.63) is 18.2 Å². The van der Waals surface area contributed by atoms with Gasteiger partial charge in [-0.1, -0.05) is 6.07 Å². The highest BCUT2D eigenvalue weighted by Gasteiger charge is 2.11. The number of pyridine rings is 1. The molecule has 0 amide bonds. The summed E-state index contributed by atoms with van der Waals surface area (Å²) in [5, 5.41) is -0.194. The Hall–Kier alpha value is -0.810. The summed E-state index contributed by atoms with van der Waals surface area (Å²) in [6.07, 6.45) is 0. The lowest BCUT2D eigenvalue weighted by Crippen LogP contribution is -1.99. The van der Waals surface area contributed by atoms with Gasteiger partial charge in [0.1, 0.15) is 0 Å². The molecule has 0 bridgehead atoms. The molecule has 0 saturated carbocycles. The van der Waals surface area contributed by atoms with Crippen molar-refractivity contribution >= 4 is 19.7 Å². The van der Waals surface area contributed by atoms with Crippen molar-refractivity contribution in [3.63, 3.8) is 0 Å². The van der Waals surface area contributed by atoms with Crippen molar-refractivity contribution in [1.29, 1.82) is 0 Å². The minimum absolute atomic E-state index is 0.194.